The summed E-state index contributed by atoms with van der Waals surface area (Å²) in [7, 11) is 0. The second-order valence-corrected chi connectivity index (χ2v) is 6.41. The van der Waals surface area contributed by atoms with Gasteiger partial charge in [-0.25, -0.2) is 9.07 Å². The summed E-state index contributed by atoms with van der Waals surface area (Å²) in [6, 6.07) is 12.6. The molecule has 2 aromatic carbocycles. The van der Waals surface area contributed by atoms with E-state index in [-0.39, 0.29) is 17.5 Å². The lowest BCUT2D eigenvalue weighted by Gasteiger charge is -2.05. The topological polar surface area (TPSA) is 85.8 Å². The van der Waals surface area contributed by atoms with Crippen LogP contribution in [0.1, 0.15) is 0 Å². The third-order valence-electron chi connectivity index (χ3n) is 3.21. The number of nitrogens with one attached hydrogen (secondary N) is 1. The second-order valence-electron chi connectivity index (χ2n) is 5.03. The van der Waals surface area contributed by atoms with Gasteiger partial charge in [0.1, 0.15) is 5.82 Å². The number of amides is 1. The van der Waals surface area contributed by atoms with E-state index in [2.05, 4.69) is 15.5 Å². The molecule has 0 aliphatic rings. The van der Waals surface area contributed by atoms with Gasteiger partial charge in [0.05, 0.1) is 5.75 Å². The molecule has 128 valence electrons. The maximum atomic E-state index is 12.8. The zero-order valence-electron chi connectivity index (χ0n) is 12.8. The molecule has 1 amide bonds. The van der Waals surface area contributed by atoms with E-state index in [9.17, 15) is 9.18 Å². The van der Waals surface area contributed by atoms with Crippen molar-refractivity contribution >= 4 is 35.0 Å². The number of aromatic nitrogens is 3. The lowest BCUT2D eigenvalue weighted by molar-refractivity contribution is -0.113. The first kappa shape index (κ1) is 17.2. The first-order valence-corrected chi connectivity index (χ1v) is 8.54. The molecule has 0 radical (unpaired) electrons. The van der Waals surface area contributed by atoms with Crippen LogP contribution < -0.4 is 11.2 Å². The monoisotopic (exact) mass is 377 g/mol. The molecular formula is C16H13ClFN5OS. The number of rotatable bonds is 5. The van der Waals surface area contributed by atoms with Crippen LogP contribution in [0.5, 0.6) is 0 Å². The summed E-state index contributed by atoms with van der Waals surface area (Å²) in [6.07, 6.45) is 0. The highest BCUT2D eigenvalue weighted by molar-refractivity contribution is 7.99. The predicted octanol–water partition coefficient (Wildman–Crippen LogP) is 3.18. The Morgan fingerprint density at radius 1 is 1.24 bits per heavy atom. The van der Waals surface area contributed by atoms with Crippen molar-refractivity contribution in [2.45, 2.75) is 5.16 Å². The highest BCUT2D eigenvalue weighted by Crippen LogP contribution is 2.23. The molecule has 0 spiro atoms. The van der Waals surface area contributed by atoms with Gasteiger partial charge in [0, 0.05) is 16.3 Å². The summed E-state index contributed by atoms with van der Waals surface area (Å²) in [5.74, 6) is 5.90. The predicted molar refractivity (Wildman–Crippen MR) is 96.4 cm³/mol. The van der Waals surface area contributed by atoms with Crippen LogP contribution in [0, 0.1) is 5.82 Å². The molecule has 3 N–H and O–H groups in total. The van der Waals surface area contributed by atoms with Gasteiger partial charge in [-0.05, 0) is 36.4 Å². The summed E-state index contributed by atoms with van der Waals surface area (Å²) in [4.78, 5) is 12.0. The highest BCUT2D eigenvalue weighted by atomic mass is 35.5. The standard InChI is InChI=1S/C16H13ClFN5OS/c17-11-3-1-2-10(8-11)15-21-22-16(23(15)19)25-9-14(24)20-13-6-4-12(18)5-7-13/h1-8H,9,19H2,(H,20,24). The number of benzene rings is 2. The fourth-order valence-electron chi connectivity index (χ4n) is 2.06. The summed E-state index contributed by atoms with van der Waals surface area (Å²) < 4.78 is 14.2. The van der Waals surface area contributed by atoms with Gasteiger partial charge in [0.15, 0.2) is 5.82 Å². The summed E-state index contributed by atoms with van der Waals surface area (Å²) >= 11 is 7.11. The number of nitrogens with two attached hydrogens (primary N) is 1. The van der Waals surface area contributed by atoms with Crippen LogP contribution in [-0.2, 0) is 4.79 Å². The van der Waals surface area contributed by atoms with Crippen LogP contribution in [-0.4, -0.2) is 26.5 Å². The van der Waals surface area contributed by atoms with Crippen molar-refractivity contribution in [3.63, 3.8) is 0 Å². The van der Waals surface area contributed by atoms with E-state index in [0.717, 1.165) is 17.3 Å². The zero-order chi connectivity index (χ0) is 17.8. The van der Waals surface area contributed by atoms with Crippen molar-refractivity contribution in [2.24, 2.45) is 0 Å². The molecule has 9 heteroatoms. The molecule has 0 saturated heterocycles. The minimum Gasteiger partial charge on any atom is -0.335 e. The molecule has 6 nitrogen and oxygen atoms in total. The average molecular weight is 378 g/mol. The Labute approximate surface area is 152 Å². The van der Waals surface area contributed by atoms with Crippen LogP contribution in [0.25, 0.3) is 11.4 Å². The zero-order valence-corrected chi connectivity index (χ0v) is 14.4. The largest absolute Gasteiger partial charge is 0.335 e. The van der Waals surface area contributed by atoms with E-state index in [1.54, 1.807) is 18.2 Å². The Kier molecular flexibility index (Phi) is 5.20. The van der Waals surface area contributed by atoms with Crippen LogP contribution >= 0.6 is 23.4 Å². The third kappa shape index (κ3) is 4.28. The fraction of sp³-hybridized carbons (Fsp3) is 0.0625. The van der Waals surface area contributed by atoms with Crippen LogP contribution in [0.2, 0.25) is 5.02 Å². The smallest absolute Gasteiger partial charge is 0.234 e. The van der Waals surface area contributed by atoms with Gasteiger partial charge in [-0.1, -0.05) is 35.5 Å². The number of thioether (sulfide) groups is 1. The first-order chi connectivity index (χ1) is 12.0. The second kappa shape index (κ2) is 7.54. The highest BCUT2D eigenvalue weighted by Gasteiger charge is 2.14. The molecule has 0 aliphatic carbocycles. The Balaban J connectivity index is 1.64. The van der Waals surface area contributed by atoms with Crippen LogP contribution in [0.15, 0.2) is 53.7 Å². The number of hydrogen-bond acceptors (Lipinski definition) is 5. The quantitative estimate of drug-likeness (QED) is 0.527. The number of halogens is 2. The Hall–Kier alpha value is -2.58. The van der Waals surface area contributed by atoms with Crippen molar-refractivity contribution in [2.75, 3.05) is 16.9 Å². The van der Waals surface area contributed by atoms with E-state index >= 15 is 0 Å². The number of nitrogens with zero attached hydrogens (tertiary/aromatic N) is 3. The molecule has 1 heterocycles. The maximum absolute atomic E-state index is 12.8. The third-order valence-corrected chi connectivity index (χ3v) is 4.39. The summed E-state index contributed by atoms with van der Waals surface area (Å²) in [5, 5.41) is 11.6. The van der Waals surface area contributed by atoms with E-state index < -0.39 is 0 Å². The van der Waals surface area contributed by atoms with E-state index in [1.807, 2.05) is 6.07 Å². The van der Waals surface area contributed by atoms with Crippen molar-refractivity contribution in [1.29, 1.82) is 0 Å². The molecule has 1 aromatic heterocycles. The number of carbonyl (C=O) groups is 1. The molecule has 0 saturated carbocycles. The molecular weight excluding hydrogens is 365 g/mol. The molecule has 3 rings (SSSR count). The summed E-state index contributed by atoms with van der Waals surface area (Å²) in [5.41, 5.74) is 1.24. The van der Waals surface area contributed by atoms with Gasteiger partial charge < -0.3 is 11.2 Å². The molecule has 3 aromatic rings. The maximum Gasteiger partial charge on any atom is 0.234 e. The Morgan fingerprint density at radius 2 is 2.00 bits per heavy atom. The Bertz CT molecular complexity index is 900. The molecule has 25 heavy (non-hydrogen) atoms. The average Bonchev–Trinajstić information content (AvgIpc) is 2.96. The fourth-order valence-corrected chi connectivity index (χ4v) is 2.91. The minimum absolute atomic E-state index is 0.0856. The minimum atomic E-state index is -0.364. The van der Waals surface area contributed by atoms with Crippen molar-refractivity contribution in [3.05, 3.63) is 59.4 Å². The molecule has 0 bridgehead atoms. The summed E-state index contributed by atoms with van der Waals surface area (Å²) in [6.45, 7) is 0. The van der Waals surface area contributed by atoms with E-state index in [1.165, 1.54) is 28.9 Å². The van der Waals surface area contributed by atoms with E-state index in [0.29, 0.717) is 21.7 Å². The number of hydrogen-bond donors (Lipinski definition) is 2. The van der Waals surface area contributed by atoms with Crippen molar-refractivity contribution in [3.8, 4) is 11.4 Å². The molecule has 0 atom stereocenters. The van der Waals surface area contributed by atoms with Crippen molar-refractivity contribution in [1.82, 2.24) is 14.9 Å². The molecule has 0 aliphatic heterocycles. The van der Waals surface area contributed by atoms with E-state index in [4.69, 9.17) is 17.4 Å². The van der Waals surface area contributed by atoms with Gasteiger partial charge in [-0.3, -0.25) is 4.79 Å². The lowest BCUT2D eigenvalue weighted by atomic mass is 10.2. The normalized spacial score (nSPS) is 10.6. The number of nitrogen functional groups attached to an aromatic ring is 1. The van der Waals surface area contributed by atoms with Gasteiger partial charge in [-0.15, -0.1) is 10.2 Å². The van der Waals surface area contributed by atoms with Crippen molar-refractivity contribution < 1.29 is 9.18 Å². The lowest BCUT2D eigenvalue weighted by Crippen LogP contribution is -2.16. The van der Waals surface area contributed by atoms with Crippen LogP contribution in [0.4, 0.5) is 10.1 Å². The first-order valence-electron chi connectivity index (χ1n) is 7.17. The van der Waals surface area contributed by atoms with Gasteiger partial charge in [0.25, 0.3) is 0 Å². The van der Waals surface area contributed by atoms with Gasteiger partial charge >= 0.3 is 0 Å². The molecule has 0 fully saturated rings. The van der Waals surface area contributed by atoms with Crippen LogP contribution in [0.3, 0.4) is 0 Å². The number of anilines is 1. The molecule has 0 unspecified atom stereocenters. The van der Waals surface area contributed by atoms with Gasteiger partial charge in [0.2, 0.25) is 11.1 Å². The van der Waals surface area contributed by atoms with Gasteiger partial charge in [-0.2, -0.15) is 0 Å². The SMILES string of the molecule is Nn1c(SCC(=O)Nc2ccc(F)cc2)nnc1-c1cccc(Cl)c1. The Morgan fingerprint density at radius 3 is 2.72 bits per heavy atom. The number of carbonyl (C=O) groups excluding carboxylic acids is 1.